The summed E-state index contributed by atoms with van der Waals surface area (Å²) in [7, 11) is 1.86. The molecule has 6 heteroatoms. The van der Waals surface area contributed by atoms with Gasteiger partial charge in [0.1, 0.15) is 11.5 Å². The number of fused-ring (bicyclic) bond motifs is 1. The molecule has 0 aliphatic carbocycles. The van der Waals surface area contributed by atoms with E-state index in [0.717, 1.165) is 22.5 Å². The molecule has 0 amide bonds. The summed E-state index contributed by atoms with van der Waals surface area (Å²) in [4.78, 5) is 21.4. The third-order valence-corrected chi connectivity index (χ3v) is 5.75. The molecule has 0 saturated carbocycles. The highest BCUT2D eigenvalue weighted by atomic mass is 19.1. The molecule has 0 bridgehead atoms. The first-order valence-electron chi connectivity index (χ1n) is 10.8. The number of aromatic nitrogens is 3. The predicted octanol–water partition coefficient (Wildman–Crippen LogP) is 5.03. The van der Waals surface area contributed by atoms with Crippen LogP contribution in [0.2, 0.25) is 0 Å². The fourth-order valence-corrected chi connectivity index (χ4v) is 4.04. The first-order valence-corrected chi connectivity index (χ1v) is 10.8. The molecule has 0 unspecified atom stereocenters. The quantitative estimate of drug-likeness (QED) is 0.391. The summed E-state index contributed by atoms with van der Waals surface area (Å²) in [5.41, 5.74) is 5.19. The molecule has 0 spiro atoms. The fraction of sp³-hybridized carbons (Fsp3) is 0.111. The second-order valence-corrected chi connectivity index (χ2v) is 7.96. The van der Waals surface area contributed by atoms with E-state index in [1.165, 1.54) is 6.07 Å². The normalized spacial score (nSPS) is 11.1. The van der Waals surface area contributed by atoms with Gasteiger partial charge in [-0.05, 0) is 34.9 Å². The summed E-state index contributed by atoms with van der Waals surface area (Å²) < 4.78 is 16.0. The Morgan fingerprint density at radius 2 is 1.76 bits per heavy atom. The minimum Gasteiger partial charge on any atom is -0.388 e. The molecular weight excluding hydrogens is 415 g/mol. The summed E-state index contributed by atoms with van der Waals surface area (Å²) in [5.74, 6) is 0.231. The van der Waals surface area contributed by atoms with Gasteiger partial charge in [-0.1, -0.05) is 60.7 Å². The zero-order chi connectivity index (χ0) is 22.8. The standard InChI is InChI=1S/C27H23FN4O/c1-29-21-12-7-8-18(14-21)15-24-27(33)32-17-25(19-9-3-2-4-10-19)30-23(26(32)31-24)16-20-11-5-6-13-22(20)28/h2-14,17,29-30H,15-16H2,1H3. The first-order chi connectivity index (χ1) is 16.1. The van der Waals surface area contributed by atoms with Crippen LogP contribution in [0.25, 0.3) is 17.1 Å². The number of H-pyrrole nitrogens is 1. The van der Waals surface area contributed by atoms with E-state index >= 15 is 0 Å². The number of halogens is 1. The van der Waals surface area contributed by atoms with Crippen LogP contribution < -0.4 is 10.9 Å². The minimum absolute atomic E-state index is 0.166. The van der Waals surface area contributed by atoms with Gasteiger partial charge in [0.2, 0.25) is 0 Å². The molecule has 2 aliphatic rings. The van der Waals surface area contributed by atoms with Gasteiger partial charge >= 0.3 is 0 Å². The van der Waals surface area contributed by atoms with Gasteiger partial charge in [-0.2, -0.15) is 0 Å². The Hall–Kier alpha value is -4.19. The summed E-state index contributed by atoms with van der Waals surface area (Å²) in [5, 5.41) is 3.12. The Bertz CT molecular complexity index is 1440. The van der Waals surface area contributed by atoms with E-state index in [1.54, 1.807) is 29.0 Å². The molecule has 5 rings (SSSR count). The van der Waals surface area contributed by atoms with Crippen LogP contribution in [0.4, 0.5) is 10.1 Å². The van der Waals surface area contributed by atoms with Gasteiger partial charge in [0.25, 0.3) is 5.56 Å². The first kappa shape index (κ1) is 20.7. The number of anilines is 1. The van der Waals surface area contributed by atoms with Gasteiger partial charge in [-0.3, -0.25) is 9.36 Å². The van der Waals surface area contributed by atoms with Crippen molar-refractivity contribution < 1.29 is 4.39 Å². The van der Waals surface area contributed by atoms with Crippen molar-refractivity contribution in [2.45, 2.75) is 12.8 Å². The molecule has 2 heterocycles. The van der Waals surface area contributed by atoms with Gasteiger partial charge in [0, 0.05) is 31.8 Å². The molecule has 0 radical (unpaired) electrons. The number of nitrogens with zero attached hydrogens (tertiary/aromatic N) is 2. The van der Waals surface area contributed by atoms with E-state index in [-0.39, 0.29) is 11.4 Å². The third kappa shape index (κ3) is 4.15. The molecule has 0 aromatic heterocycles. The van der Waals surface area contributed by atoms with Crippen LogP contribution in [-0.4, -0.2) is 21.6 Å². The summed E-state index contributed by atoms with van der Waals surface area (Å²) in [6.45, 7) is 0. The zero-order valence-electron chi connectivity index (χ0n) is 18.2. The lowest BCUT2D eigenvalue weighted by molar-refractivity contribution is 0.613. The van der Waals surface area contributed by atoms with Crippen LogP contribution in [0.5, 0.6) is 0 Å². The lowest BCUT2D eigenvalue weighted by Gasteiger charge is -2.13. The van der Waals surface area contributed by atoms with Gasteiger partial charge in [0.05, 0.1) is 11.4 Å². The number of imidazole rings is 1. The number of hydrogen-bond donors (Lipinski definition) is 2. The van der Waals surface area contributed by atoms with E-state index in [1.807, 2.05) is 61.6 Å². The summed E-state index contributed by atoms with van der Waals surface area (Å²) in [6, 6.07) is 24.3. The second kappa shape index (κ2) is 8.74. The van der Waals surface area contributed by atoms with Crippen molar-refractivity contribution in [3.8, 4) is 17.1 Å². The average Bonchev–Trinajstić information content (AvgIpc) is 3.16. The molecule has 3 aromatic carbocycles. The van der Waals surface area contributed by atoms with Crippen molar-refractivity contribution in [1.29, 1.82) is 0 Å². The average molecular weight is 439 g/mol. The molecule has 0 fully saturated rings. The van der Waals surface area contributed by atoms with Crippen molar-refractivity contribution in [2.75, 3.05) is 12.4 Å². The largest absolute Gasteiger partial charge is 0.388 e. The molecule has 0 saturated heterocycles. The van der Waals surface area contributed by atoms with Gasteiger partial charge < -0.3 is 10.3 Å². The van der Waals surface area contributed by atoms with Crippen LogP contribution >= 0.6 is 0 Å². The number of benzene rings is 3. The minimum atomic E-state index is -0.285. The Balaban J connectivity index is 1.64. The lowest BCUT2D eigenvalue weighted by atomic mass is 10.1. The highest BCUT2D eigenvalue weighted by Gasteiger charge is 2.21. The molecule has 2 aliphatic heterocycles. The summed E-state index contributed by atoms with van der Waals surface area (Å²) in [6.07, 6.45) is 2.48. The summed E-state index contributed by atoms with van der Waals surface area (Å²) >= 11 is 0. The number of rotatable bonds is 6. The van der Waals surface area contributed by atoms with Crippen LogP contribution in [0.3, 0.4) is 0 Å². The maximum Gasteiger partial charge on any atom is 0.278 e. The van der Waals surface area contributed by atoms with E-state index in [4.69, 9.17) is 4.98 Å². The van der Waals surface area contributed by atoms with Gasteiger partial charge in [-0.15, -0.1) is 0 Å². The highest BCUT2D eigenvalue weighted by molar-refractivity contribution is 5.60. The Morgan fingerprint density at radius 1 is 0.970 bits per heavy atom. The van der Waals surface area contributed by atoms with Gasteiger partial charge in [-0.25, -0.2) is 9.37 Å². The highest BCUT2D eigenvalue weighted by Crippen LogP contribution is 2.24. The molecule has 164 valence electrons. The van der Waals surface area contributed by atoms with E-state index < -0.39 is 0 Å². The number of hydrogen-bond acceptors (Lipinski definition) is 3. The lowest BCUT2D eigenvalue weighted by Crippen LogP contribution is -2.18. The Kier molecular flexibility index (Phi) is 5.48. The molecule has 33 heavy (non-hydrogen) atoms. The van der Waals surface area contributed by atoms with E-state index in [9.17, 15) is 9.18 Å². The van der Waals surface area contributed by atoms with E-state index in [2.05, 4.69) is 10.3 Å². The van der Waals surface area contributed by atoms with Crippen LogP contribution in [0.1, 0.15) is 22.5 Å². The van der Waals surface area contributed by atoms with Crippen LogP contribution in [0.15, 0.2) is 89.9 Å². The maximum atomic E-state index is 14.4. The molecule has 3 aromatic rings. The van der Waals surface area contributed by atoms with Crippen molar-refractivity contribution in [2.24, 2.45) is 0 Å². The third-order valence-electron chi connectivity index (χ3n) is 5.75. The number of aromatic amines is 1. The maximum absolute atomic E-state index is 14.4. The van der Waals surface area contributed by atoms with Crippen LogP contribution in [-0.2, 0) is 12.8 Å². The Labute approximate surface area is 190 Å². The number of nitrogens with one attached hydrogen (secondary N) is 2. The van der Waals surface area contributed by atoms with Gasteiger partial charge in [0.15, 0.2) is 5.82 Å². The topological polar surface area (TPSA) is 62.7 Å². The van der Waals surface area contributed by atoms with Crippen molar-refractivity contribution >= 4 is 5.69 Å². The van der Waals surface area contributed by atoms with Crippen LogP contribution in [0, 0.1) is 5.82 Å². The van der Waals surface area contributed by atoms with E-state index in [0.29, 0.717) is 35.6 Å². The SMILES string of the molecule is CNc1cccc(Cc2nc3c(Cc4ccccc4F)[nH]c(-c4ccccc4)cn-3c2=O)c1. The molecule has 2 N–H and O–H groups in total. The zero-order valence-corrected chi connectivity index (χ0v) is 18.2. The molecule has 0 atom stereocenters. The Morgan fingerprint density at radius 3 is 2.55 bits per heavy atom. The van der Waals surface area contributed by atoms with Crippen molar-refractivity contribution in [1.82, 2.24) is 14.5 Å². The molecular formula is C27H23FN4O. The van der Waals surface area contributed by atoms with Crippen molar-refractivity contribution in [3.63, 3.8) is 0 Å². The smallest absolute Gasteiger partial charge is 0.278 e. The molecule has 5 nitrogen and oxygen atoms in total. The van der Waals surface area contributed by atoms with Crippen molar-refractivity contribution in [3.05, 3.63) is 124 Å². The predicted molar refractivity (Wildman–Crippen MR) is 129 cm³/mol. The fourth-order valence-electron chi connectivity index (χ4n) is 4.04. The monoisotopic (exact) mass is 438 g/mol. The second-order valence-electron chi connectivity index (χ2n) is 7.96.